The summed E-state index contributed by atoms with van der Waals surface area (Å²) in [6.45, 7) is 3.71. The van der Waals surface area contributed by atoms with Crippen molar-refractivity contribution >= 4 is 5.97 Å². The minimum Gasteiger partial charge on any atom is -0.481 e. The fourth-order valence-corrected chi connectivity index (χ4v) is 1.70. The van der Waals surface area contributed by atoms with Crippen LogP contribution in [-0.2, 0) is 11.2 Å². The third kappa shape index (κ3) is 2.33. The maximum Gasteiger partial charge on any atom is 0.311 e. The van der Waals surface area contributed by atoms with Crippen LogP contribution in [0.3, 0.4) is 0 Å². The first-order valence-corrected chi connectivity index (χ1v) is 5.28. The van der Waals surface area contributed by atoms with E-state index < -0.39 is 5.97 Å². The third-order valence-corrected chi connectivity index (χ3v) is 2.43. The largest absolute Gasteiger partial charge is 0.481 e. The predicted molar refractivity (Wildman–Crippen MR) is 62.2 cm³/mol. The summed E-state index contributed by atoms with van der Waals surface area (Å²) in [5.41, 5.74) is 1.90. The van der Waals surface area contributed by atoms with E-state index in [4.69, 9.17) is 5.11 Å². The molecule has 0 fully saturated rings. The molecule has 0 bridgehead atoms. The van der Waals surface area contributed by atoms with Crippen molar-refractivity contribution in [2.45, 2.75) is 20.3 Å². The molecule has 0 amide bonds. The number of hydrogen-bond donors (Lipinski definition) is 1. The standard InChI is InChI=1S/C12H13N3O2/c1-8-5-3-4-6-10(8)15-11(7-12(16)17)13-9(2)14-15/h3-6H,7H2,1-2H3,(H,16,17). The summed E-state index contributed by atoms with van der Waals surface area (Å²) in [6, 6.07) is 7.68. The van der Waals surface area contributed by atoms with Crippen molar-refractivity contribution in [1.82, 2.24) is 14.8 Å². The normalized spacial score (nSPS) is 10.5. The Morgan fingerprint density at radius 1 is 1.35 bits per heavy atom. The average Bonchev–Trinajstić information content (AvgIpc) is 2.59. The number of carboxylic acids is 1. The number of hydrogen-bond acceptors (Lipinski definition) is 3. The molecule has 5 heteroatoms. The van der Waals surface area contributed by atoms with Crippen molar-refractivity contribution in [3.8, 4) is 5.69 Å². The lowest BCUT2D eigenvalue weighted by molar-refractivity contribution is -0.136. The first-order chi connectivity index (χ1) is 8.08. The summed E-state index contributed by atoms with van der Waals surface area (Å²) >= 11 is 0. The second-order valence-corrected chi connectivity index (χ2v) is 3.84. The molecule has 17 heavy (non-hydrogen) atoms. The molecule has 0 atom stereocenters. The molecule has 0 spiro atoms. The third-order valence-electron chi connectivity index (χ3n) is 2.43. The van der Waals surface area contributed by atoms with Crippen LogP contribution in [0.4, 0.5) is 0 Å². The van der Waals surface area contributed by atoms with Crippen LogP contribution in [0.2, 0.25) is 0 Å². The molecular formula is C12H13N3O2. The van der Waals surface area contributed by atoms with Crippen molar-refractivity contribution in [2.75, 3.05) is 0 Å². The fourth-order valence-electron chi connectivity index (χ4n) is 1.70. The van der Waals surface area contributed by atoms with Gasteiger partial charge in [-0.2, -0.15) is 5.10 Å². The summed E-state index contributed by atoms with van der Waals surface area (Å²) < 4.78 is 1.60. The Balaban J connectivity index is 2.51. The molecule has 0 unspecified atom stereocenters. The molecule has 5 nitrogen and oxygen atoms in total. The molecule has 1 N–H and O–H groups in total. The summed E-state index contributed by atoms with van der Waals surface area (Å²) in [6.07, 6.45) is -0.130. The van der Waals surface area contributed by atoms with Crippen molar-refractivity contribution in [3.63, 3.8) is 0 Å². The van der Waals surface area contributed by atoms with Crippen molar-refractivity contribution in [3.05, 3.63) is 41.5 Å². The molecule has 2 rings (SSSR count). The van der Waals surface area contributed by atoms with Crippen LogP contribution >= 0.6 is 0 Å². The molecule has 0 aliphatic heterocycles. The average molecular weight is 231 g/mol. The molecule has 2 aromatic rings. The second-order valence-electron chi connectivity index (χ2n) is 3.84. The van der Waals surface area contributed by atoms with E-state index in [2.05, 4.69) is 10.1 Å². The fraction of sp³-hybridized carbons (Fsp3) is 0.250. The predicted octanol–water partition coefficient (Wildman–Crippen LogP) is 1.51. The minimum atomic E-state index is -0.910. The van der Waals surface area contributed by atoms with E-state index in [1.54, 1.807) is 11.6 Å². The number of benzene rings is 1. The molecule has 1 heterocycles. The molecule has 88 valence electrons. The van der Waals surface area contributed by atoms with Gasteiger partial charge in [-0.3, -0.25) is 4.79 Å². The first kappa shape index (κ1) is 11.3. The lowest BCUT2D eigenvalue weighted by Gasteiger charge is -2.07. The monoisotopic (exact) mass is 231 g/mol. The van der Waals surface area contributed by atoms with Gasteiger partial charge in [-0.25, -0.2) is 9.67 Å². The highest BCUT2D eigenvalue weighted by molar-refractivity contribution is 5.69. The first-order valence-electron chi connectivity index (χ1n) is 5.28. The number of carbonyl (C=O) groups is 1. The van der Waals surface area contributed by atoms with Gasteiger partial charge in [0.1, 0.15) is 18.1 Å². The maximum absolute atomic E-state index is 10.8. The Hall–Kier alpha value is -2.17. The van der Waals surface area contributed by atoms with Crippen LogP contribution in [-0.4, -0.2) is 25.8 Å². The molecule has 1 aromatic heterocycles. The molecule has 0 aliphatic rings. The highest BCUT2D eigenvalue weighted by Crippen LogP contribution is 2.14. The van der Waals surface area contributed by atoms with E-state index in [1.807, 2.05) is 31.2 Å². The zero-order valence-corrected chi connectivity index (χ0v) is 9.71. The maximum atomic E-state index is 10.8. The number of aryl methyl sites for hydroxylation is 2. The summed E-state index contributed by atoms with van der Waals surface area (Å²) in [5, 5.41) is 13.1. The zero-order valence-electron chi connectivity index (χ0n) is 9.71. The van der Waals surface area contributed by atoms with Gasteiger partial charge in [0, 0.05) is 0 Å². The highest BCUT2D eigenvalue weighted by Gasteiger charge is 2.13. The van der Waals surface area contributed by atoms with E-state index in [0.29, 0.717) is 11.6 Å². The Bertz CT molecular complexity index is 561. The topological polar surface area (TPSA) is 68.0 Å². The van der Waals surface area contributed by atoms with Gasteiger partial charge in [-0.05, 0) is 25.5 Å². The molecular weight excluding hydrogens is 218 g/mol. The zero-order chi connectivity index (χ0) is 12.4. The number of nitrogens with zero attached hydrogens (tertiary/aromatic N) is 3. The Morgan fingerprint density at radius 3 is 2.71 bits per heavy atom. The van der Waals surface area contributed by atoms with Gasteiger partial charge >= 0.3 is 5.97 Å². The molecule has 0 radical (unpaired) electrons. The van der Waals surface area contributed by atoms with Crippen LogP contribution in [0.15, 0.2) is 24.3 Å². The molecule has 1 aromatic carbocycles. The van der Waals surface area contributed by atoms with Crippen molar-refractivity contribution in [2.24, 2.45) is 0 Å². The van der Waals surface area contributed by atoms with Gasteiger partial charge in [0.25, 0.3) is 0 Å². The minimum absolute atomic E-state index is 0.130. The lowest BCUT2D eigenvalue weighted by atomic mass is 10.2. The Morgan fingerprint density at radius 2 is 2.06 bits per heavy atom. The van der Waals surface area contributed by atoms with Gasteiger partial charge in [0.15, 0.2) is 0 Å². The van der Waals surface area contributed by atoms with E-state index in [1.165, 1.54) is 0 Å². The summed E-state index contributed by atoms with van der Waals surface area (Å²) in [5.74, 6) is 0.112. The van der Waals surface area contributed by atoms with Crippen LogP contribution in [0.25, 0.3) is 5.69 Å². The SMILES string of the molecule is Cc1nc(CC(=O)O)n(-c2ccccc2C)n1. The van der Waals surface area contributed by atoms with Gasteiger partial charge in [0.05, 0.1) is 5.69 Å². The van der Waals surface area contributed by atoms with E-state index in [0.717, 1.165) is 11.3 Å². The van der Waals surface area contributed by atoms with Gasteiger partial charge in [0.2, 0.25) is 0 Å². The van der Waals surface area contributed by atoms with Crippen LogP contribution in [0, 0.1) is 13.8 Å². The Labute approximate surface area is 98.7 Å². The van der Waals surface area contributed by atoms with Crippen molar-refractivity contribution < 1.29 is 9.90 Å². The smallest absolute Gasteiger partial charge is 0.311 e. The van der Waals surface area contributed by atoms with E-state index in [-0.39, 0.29) is 6.42 Å². The lowest BCUT2D eigenvalue weighted by Crippen LogP contribution is -2.09. The quantitative estimate of drug-likeness (QED) is 0.869. The summed E-state index contributed by atoms with van der Waals surface area (Å²) in [4.78, 5) is 14.9. The number of aliphatic carboxylic acids is 1. The summed E-state index contributed by atoms with van der Waals surface area (Å²) in [7, 11) is 0. The molecule has 0 saturated heterocycles. The molecule has 0 saturated carbocycles. The van der Waals surface area contributed by atoms with Gasteiger partial charge < -0.3 is 5.11 Å². The number of para-hydroxylation sites is 1. The van der Waals surface area contributed by atoms with Crippen LogP contribution < -0.4 is 0 Å². The number of rotatable bonds is 3. The van der Waals surface area contributed by atoms with Gasteiger partial charge in [-0.1, -0.05) is 18.2 Å². The van der Waals surface area contributed by atoms with Gasteiger partial charge in [-0.15, -0.1) is 0 Å². The van der Waals surface area contributed by atoms with E-state index in [9.17, 15) is 4.79 Å². The van der Waals surface area contributed by atoms with Crippen molar-refractivity contribution in [1.29, 1.82) is 0 Å². The van der Waals surface area contributed by atoms with E-state index >= 15 is 0 Å². The second kappa shape index (κ2) is 4.37. The Kier molecular flexibility index (Phi) is 2.91. The number of aromatic nitrogens is 3. The number of carboxylic acid groups (broad SMARTS) is 1. The van der Waals surface area contributed by atoms with Crippen LogP contribution in [0.1, 0.15) is 17.2 Å². The van der Waals surface area contributed by atoms with Crippen LogP contribution in [0.5, 0.6) is 0 Å². The molecule has 0 aliphatic carbocycles. The highest BCUT2D eigenvalue weighted by atomic mass is 16.4.